The van der Waals surface area contributed by atoms with Gasteiger partial charge in [-0.15, -0.1) is 0 Å². The van der Waals surface area contributed by atoms with E-state index in [9.17, 15) is 4.79 Å². The zero-order valence-corrected chi connectivity index (χ0v) is 10.5. The zero-order valence-electron chi connectivity index (χ0n) is 10.5. The minimum absolute atomic E-state index is 0.253. The summed E-state index contributed by atoms with van der Waals surface area (Å²) in [5.74, 6) is -0.387. The monoisotopic (exact) mass is 258 g/mol. The molecule has 98 valence electrons. The van der Waals surface area contributed by atoms with E-state index in [0.29, 0.717) is 12.4 Å². The van der Waals surface area contributed by atoms with Crippen molar-refractivity contribution in [2.45, 2.75) is 6.54 Å². The maximum atomic E-state index is 10.9. The number of pyridine rings is 1. The number of carboxylic acid groups (broad SMARTS) is 1. The number of benzene rings is 1. The van der Waals surface area contributed by atoms with Gasteiger partial charge in [0.05, 0.1) is 24.9 Å². The summed E-state index contributed by atoms with van der Waals surface area (Å²) < 4.78 is 5.04. The Labute approximate surface area is 110 Å². The second-order valence-electron chi connectivity index (χ2n) is 3.91. The van der Waals surface area contributed by atoms with Crippen molar-refractivity contribution < 1.29 is 14.6 Å². The highest BCUT2D eigenvalue weighted by Gasteiger charge is 2.03. The molecule has 0 bridgehead atoms. The van der Waals surface area contributed by atoms with Crippen LogP contribution in [-0.4, -0.2) is 23.2 Å². The fraction of sp³-hybridized carbons (Fsp3) is 0.143. The van der Waals surface area contributed by atoms with Gasteiger partial charge in [0.1, 0.15) is 0 Å². The molecule has 1 heterocycles. The fourth-order valence-electron chi connectivity index (χ4n) is 1.62. The van der Waals surface area contributed by atoms with Crippen LogP contribution in [0.3, 0.4) is 0 Å². The molecule has 0 saturated heterocycles. The van der Waals surface area contributed by atoms with Gasteiger partial charge >= 0.3 is 5.97 Å². The molecule has 2 N–H and O–H groups in total. The number of rotatable bonds is 5. The van der Waals surface area contributed by atoms with Crippen molar-refractivity contribution in [1.82, 2.24) is 4.98 Å². The molecule has 1 aromatic carbocycles. The minimum Gasteiger partial charge on any atom is -0.481 e. The lowest BCUT2D eigenvalue weighted by Gasteiger charge is -2.07. The first kappa shape index (κ1) is 12.9. The van der Waals surface area contributed by atoms with Gasteiger partial charge in [0.25, 0.3) is 0 Å². The topological polar surface area (TPSA) is 71.5 Å². The number of aromatic carboxylic acids is 1. The van der Waals surface area contributed by atoms with Gasteiger partial charge in [-0.05, 0) is 24.3 Å². The molecule has 2 rings (SSSR count). The Morgan fingerprint density at radius 1 is 1.32 bits per heavy atom. The predicted molar refractivity (Wildman–Crippen MR) is 71.5 cm³/mol. The van der Waals surface area contributed by atoms with Crippen LogP contribution < -0.4 is 10.1 Å². The Morgan fingerprint density at radius 3 is 2.84 bits per heavy atom. The SMILES string of the molecule is COc1cccc(CNc2cccc(C(=O)O)c2)n1. The van der Waals surface area contributed by atoms with Crippen LogP contribution >= 0.6 is 0 Å². The maximum absolute atomic E-state index is 10.9. The van der Waals surface area contributed by atoms with E-state index in [1.54, 1.807) is 31.4 Å². The van der Waals surface area contributed by atoms with Crippen LogP contribution in [0.4, 0.5) is 5.69 Å². The lowest BCUT2D eigenvalue weighted by atomic mass is 10.2. The van der Waals surface area contributed by atoms with Gasteiger partial charge in [-0.2, -0.15) is 0 Å². The zero-order chi connectivity index (χ0) is 13.7. The molecule has 0 saturated carbocycles. The van der Waals surface area contributed by atoms with Gasteiger partial charge < -0.3 is 15.2 Å². The average molecular weight is 258 g/mol. The molecule has 0 aliphatic heterocycles. The minimum atomic E-state index is -0.942. The first-order valence-electron chi connectivity index (χ1n) is 5.76. The summed E-state index contributed by atoms with van der Waals surface area (Å²) in [6.45, 7) is 0.500. The molecule has 0 unspecified atom stereocenters. The Morgan fingerprint density at radius 2 is 2.11 bits per heavy atom. The highest BCUT2D eigenvalue weighted by atomic mass is 16.5. The molecule has 2 aromatic rings. The van der Waals surface area contributed by atoms with Gasteiger partial charge in [-0.1, -0.05) is 12.1 Å². The fourth-order valence-corrected chi connectivity index (χ4v) is 1.62. The summed E-state index contributed by atoms with van der Waals surface area (Å²) in [5.41, 5.74) is 1.81. The number of nitrogens with zero attached hydrogens (tertiary/aromatic N) is 1. The molecule has 5 heteroatoms. The van der Waals surface area contributed by atoms with Crippen LogP contribution in [0, 0.1) is 0 Å². The number of carbonyl (C=O) groups is 1. The number of carboxylic acids is 1. The van der Waals surface area contributed by atoms with Crippen molar-refractivity contribution in [1.29, 1.82) is 0 Å². The van der Waals surface area contributed by atoms with Crippen molar-refractivity contribution in [2.75, 3.05) is 12.4 Å². The third-order valence-corrected chi connectivity index (χ3v) is 2.57. The van der Waals surface area contributed by atoms with Crippen LogP contribution in [0.2, 0.25) is 0 Å². The molecular formula is C14H14N2O3. The summed E-state index contributed by atoms with van der Waals surface area (Å²) in [6.07, 6.45) is 0. The van der Waals surface area contributed by atoms with Crippen molar-refractivity contribution in [3.05, 3.63) is 53.7 Å². The number of hydrogen-bond acceptors (Lipinski definition) is 4. The molecule has 0 amide bonds. The number of aromatic nitrogens is 1. The number of hydrogen-bond donors (Lipinski definition) is 2. The van der Waals surface area contributed by atoms with Gasteiger partial charge in [-0.3, -0.25) is 0 Å². The molecule has 1 aromatic heterocycles. The van der Waals surface area contributed by atoms with E-state index in [2.05, 4.69) is 10.3 Å². The molecule has 0 aliphatic rings. The summed E-state index contributed by atoms with van der Waals surface area (Å²) in [5, 5.41) is 12.0. The van der Waals surface area contributed by atoms with Crippen molar-refractivity contribution in [2.24, 2.45) is 0 Å². The number of methoxy groups -OCH3 is 1. The second-order valence-corrected chi connectivity index (χ2v) is 3.91. The van der Waals surface area contributed by atoms with E-state index < -0.39 is 5.97 Å². The predicted octanol–water partition coefficient (Wildman–Crippen LogP) is 2.40. The summed E-state index contributed by atoms with van der Waals surface area (Å²) in [7, 11) is 1.57. The van der Waals surface area contributed by atoms with Crippen LogP contribution in [0.25, 0.3) is 0 Å². The van der Waals surface area contributed by atoms with E-state index in [-0.39, 0.29) is 5.56 Å². The molecule has 0 atom stereocenters. The van der Waals surface area contributed by atoms with E-state index in [1.807, 2.05) is 18.2 Å². The smallest absolute Gasteiger partial charge is 0.335 e. The Bertz CT molecular complexity index is 584. The summed E-state index contributed by atoms with van der Waals surface area (Å²) in [4.78, 5) is 15.1. The van der Waals surface area contributed by atoms with Crippen LogP contribution in [-0.2, 0) is 6.54 Å². The highest BCUT2D eigenvalue weighted by molar-refractivity contribution is 5.88. The first-order chi connectivity index (χ1) is 9.19. The molecule has 0 fully saturated rings. The van der Waals surface area contributed by atoms with E-state index >= 15 is 0 Å². The molecular weight excluding hydrogens is 244 g/mol. The van der Waals surface area contributed by atoms with Crippen molar-refractivity contribution >= 4 is 11.7 Å². The van der Waals surface area contributed by atoms with Crippen LogP contribution in [0.15, 0.2) is 42.5 Å². The van der Waals surface area contributed by atoms with E-state index in [0.717, 1.165) is 11.4 Å². The van der Waals surface area contributed by atoms with Gasteiger partial charge in [-0.25, -0.2) is 9.78 Å². The number of anilines is 1. The average Bonchev–Trinajstić information content (AvgIpc) is 2.45. The molecule has 5 nitrogen and oxygen atoms in total. The number of ether oxygens (including phenoxy) is 1. The Hall–Kier alpha value is -2.56. The van der Waals surface area contributed by atoms with Gasteiger partial charge in [0.2, 0.25) is 5.88 Å². The van der Waals surface area contributed by atoms with Gasteiger partial charge in [0, 0.05) is 11.8 Å². The lowest BCUT2D eigenvalue weighted by molar-refractivity contribution is 0.0697. The van der Waals surface area contributed by atoms with Crippen LogP contribution in [0.5, 0.6) is 5.88 Å². The molecule has 19 heavy (non-hydrogen) atoms. The van der Waals surface area contributed by atoms with Crippen molar-refractivity contribution in [3.8, 4) is 5.88 Å². The Kier molecular flexibility index (Phi) is 3.97. The van der Waals surface area contributed by atoms with E-state index in [1.165, 1.54) is 0 Å². The third-order valence-electron chi connectivity index (χ3n) is 2.57. The normalized spacial score (nSPS) is 9.95. The van der Waals surface area contributed by atoms with E-state index in [4.69, 9.17) is 9.84 Å². The first-order valence-corrected chi connectivity index (χ1v) is 5.76. The Balaban J connectivity index is 2.05. The second kappa shape index (κ2) is 5.86. The van der Waals surface area contributed by atoms with Crippen molar-refractivity contribution in [3.63, 3.8) is 0 Å². The quantitative estimate of drug-likeness (QED) is 0.861. The third kappa shape index (κ3) is 3.45. The summed E-state index contributed by atoms with van der Waals surface area (Å²) in [6, 6.07) is 12.2. The largest absolute Gasteiger partial charge is 0.481 e. The summed E-state index contributed by atoms with van der Waals surface area (Å²) >= 11 is 0. The van der Waals surface area contributed by atoms with Gasteiger partial charge in [0.15, 0.2) is 0 Å². The highest BCUT2D eigenvalue weighted by Crippen LogP contribution is 2.13. The van der Waals surface area contributed by atoms with Crippen LogP contribution in [0.1, 0.15) is 16.1 Å². The lowest BCUT2D eigenvalue weighted by Crippen LogP contribution is -2.04. The molecule has 0 aliphatic carbocycles. The molecule has 0 spiro atoms. The standard InChI is InChI=1S/C14H14N2O3/c1-19-13-7-3-6-12(16-13)9-15-11-5-2-4-10(8-11)14(17)18/h2-8,15H,9H2,1H3,(H,17,18). The number of nitrogens with one attached hydrogen (secondary N) is 1. The maximum Gasteiger partial charge on any atom is 0.335 e. The molecule has 0 radical (unpaired) electrons.